The predicted octanol–water partition coefficient (Wildman–Crippen LogP) is 3.68. The van der Waals surface area contributed by atoms with Crippen molar-refractivity contribution in [2.75, 3.05) is 5.32 Å². The third-order valence-corrected chi connectivity index (χ3v) is 4.03. The molecule has 1 N–H and O–H groups in total. The van der Waals surface area contributed by atoms with E-state index in [1.54, 1.807) is 0 Å². The lowest BCUT2D eigenvalue weighted by Gasteiger charge is -2.24. The van der Waals surface area contributed by atoms with Gasteiger partial charge in [0.05, 0.1) is 22.9 Å². The number of halogens is 3. The van der Waals surface area contributed by atoms with E-state index in [4.69, 9.17) is 0 Å². The van der Waals surface area contributed by atoms with Gasteiger partial charge in [-0.25, -0.2) is 9.67 Å². The highest BCUT2D eigenvalue weighted by atomic mass is 19.4. The van der Waals surface area contributed by atoms with Crippen molar-refractivity contribution in [3.63, 3.8) is 0 Å². The summed E-state index contributed by atoms with van der Waals surface area (Å²) < 4.78 is 40.2. The van der Waals surface area contributed by atoms with Crippen molar-refractivity contribution in [3.8, 4) is 6.07 Å². The van der Waals surface area contributed by atoms with Crippen molar-refractivity contribution in [3.05, 3.63) is 41.0 Å². The largest absolute Gasteiger partial charge is 0.416 e. The zero-order valence-corrected chi connectivity index (χ0v) is 13.1. The smallest absolute Gasteiger partial charge is 0.374 e. The van der Waals surface area contributed by atoms with Crippen LogP contribution in [0.5, 0.6) is 0 Å². The summed E-state index contributed by atoms with van der Waals surface area (Å²) in [6.07, 6.45) is -2.07. The molecule has 8 heteroatoms. The second-order valence-corrected chi connectivity index (χ2v) is 5.67. The monoisotopic (exact) mass is 335 g/mol. The highest BCUT2D eigenvalue weighted by Crippen LogP contribution is 2.34. The molecule has 5 nitrogen and oxygen atoms in total. The Morgan fingerprint density at radius 2 is 2.21 bits per heavy atom. The zero-order chi connectivity index (χ0) is 17.3. The standard InChI is InChI=1S/C16H16F3N5/c1-2-14-22-15-13(4-3-7-24(15)23-14)21-12-6-5-11(16(17,18)19)8-10(12)9-20/h5-6,8,13,21H,2-4,7H2,1H3/t13-/m1/s1. The van der Waals surface area contributed by atoms with Crippen molar-refractivity contribution in [2.24, 2.45) is 0 Å². The number of benzene rings is 1. The lowest BCUT2D eigenvalue weighted by molar-refractivity contribution is -0.137. The summed E-state index contributed by atoms with van der Waals surface area (Å²) in [5.41, 5.74) is -0.480. The van der Waals surface area contributed by atoms with Crippen LogP contribution in [-0.4, -0.2) is 14.8 Å². The van der Waals surface area contributed by atoms with Gasteiger partial charge in [-0.2, -0.15) is 23.5 Å². The summed E-state index contributed by atoms with van der Waals surface area (Å²) >= 11 is 0. The van der Waals surface area contributed by atoms with E-state index >= 15 is 0 Å². The first-order valence-electron chi connectivity index (χ1n) is 7.74. The molecule has 0 fully saturated rings. The van der Waals surface area contributed by atoms with Gasteiger partial charge in [0.1, 0.15) is 11.9 Å². The number of aryl methyl sites for hydroxylation is 2. The molecule has 0 aliphatic carbocycles. The second kappa shape index (κ2) is 6.15. The zero-order valence-electron chi connectivity index (χ0n) is 13.1. The van der Waals surface area contributed by atoms with E-state index in [9.17, 15) is 18.4 Å². The van der Waals surface area contributed by atoms with Gasteiger partial charge in [-0.05, 0) is 31.0 Å². The molecule has 0 amide bonds. The molecule has 0 unspecified atom stereocenters. The van der Waals surface area contributed by atoms with Crippen LogP contribution in [0.2, 0.25) is 0 Å². The number of fused-ring (bicyclic) bond motifs is 1. The number of nitrogens with zero attached hydrogens (tertiary/aromatic N) is 4. The van der Waals surface area contributed by atoms with Gasteiger partial charge in [0.25, 0.3) is 0 Å². The maximum atomic E-state index is 12.8. The van der Waals surface area contributed by atoms with Crippen LogP contribution in [0.3, 0.4) is 0 Å². The summed E-state index contributed by atoms with van der Waals surface area (Å²) in [7, 11) is 0. The Bertz CT molecular complexity index is 788. The minimum absolute atomic E-state index is 0.0304. The van der Waals surface area contributed by atoms with Crippen LogP contribution in [0.15, 0.2) is 18.2 Å². The molecule has 1 aliphatic rings. The molecule has 0 saturated carbocycles. The third kappa shape index (κ3) is 3.07. The van der Waals surface area contributed by atoms with Crippen molar-refractivity contribution in [2.45, 2.75) is 44.9 Å². The molecular formula is C16H16F3N5. The highest BCUT2D eigenvalue weighted by molar-refractivity contribution is 5.59. The van der Waals surface area contributed by atoms with E-state index in [0.717, 1.165) is 49.6 Å². The van der Waals surface area contributed by atoms with Gasteiger partial charge in [-0.3, -0.25) is 0 Å². The molecule has 0 spiro atoms. The molecule has 1 aromatic carbocycles. The number of hydrogen-bond acceptors (Lipinski definition) is 4. The van der Waals surface area contributed by atoms with Crippen LogP contribution in [0.4, 0.5) is 18.9 Å². The summed E-state index contributed by atoms with van der Waals surface area (Å²) in [5, 5.41) is 16.7. The Labute approximate surface area is 137 Å². The minimum Gasteiger partial charge on any atom is -0.374 e. The van der Waals surface area contributed by atoms with Crippen molar-refractivity contribution in [1.29, 1.82) is 5.26 Å². The lowest BCUT2D eigenvalue weighted by Crippen LogP contribution is -2.23. The first kappa shape index (κ1) is 16.3. The van der Waals surface area contributed by atoms with E-state index in [1.165, 1.54) is 6.07 Å². The molecule has 2 aromatic rings. The van der Waals surface area contributed by atoms with Crippen LogP contribution in [0, 0.1) is 11.3 Å². The van der Waals surface area contributed by atoms with Crippen molar-refractivity contribution in [1.82, 2.24) is 14.8 Å². The maximum Gasteiger partial charge on any atom is 0.416 e. The van der Waals surface area contributed by atoms with E-state index in [2.05, 4.69) is 15.4 Å². The molecule has 24 heavy (non-hydrogen) atoms. The van der Waals surface area contributed by atoms with Crippen LogP contribution in [-0.2, 0) is 19.1 Å². The van der Waals surface area contributed by atoms with E-state index in [-0.39, 0.29) is 11.6 Å². The number of nitriles is 1. The normalized spacial score (nSPS) is 17.2. The summed E-state index contributed by atoms with van der Waals surface area (Å²) in [6, 6.07) is 4.81. The number of rotatable bonds is 3. The fourth-order valence-corrected chi connectivity index (χ4v) is 2.81. The molecule has 126 valence electrons. The van der Waals surface area contributed by atoms with E-state index in [0.29, 0.717) is 5.69 Å². The first-order chi connectivity index (χ1) is 11.4. The highest BCUT2D eigenvalue weighted by Gasteiger charge is 2.31. The molecule has 1 aliphatic heterocycles. The van der Waals surface area contributed by atoms with Gasteiger partial charge in [0.15, 0.2) is 5.82 Å². The SMILES string of the molecule is CCc1nc2n(n1)CCC[C@H]2Nc1ccc(C(F)(F)F)cc1C#N. The Kier molecular flexibility index (Phi) is 4.18. The van der Waals surface area contributed by atoms with Gasteiger partial charge in [0.2, 0.25) is 0 Å². The minimum atomic E-state index is -4.47. The van der Waals surface area contributed by atoms with Crippen LogP contribution < -0.4 is 5.32 Å². The average molecular weight is 335 g/mol. The Balaban J connectivity index is 1.90. The molecule has 1 atom stereocenters. The predicted molar refractivity (Wildman–Crippen MR) is 81.2 cm³/mol. The Morgan fingerprint density at radius 1 is 1.42 bits per heavy atom. The van der Waals surface area contributed by atoms with Gasteiger partial charge >= 0.3 is 6.18 Å². The molecule has 3 rings (SSSR count). The molecule has 0 bridgehead atoms. The molecular weight excluding hydrogens is 319 g/mol. The molecule has 2 heterocycles. The van der Waals surface area contributed by atoms with E-state index < -0.39 is 11.7 Å². The number of alkyl halides is 3. The number of nitrogens with one attached hydrogen (secondary N) is 1. The topological polar surface area (TPSA) is 66.5 Å². The third-order valence-electron chi connectivity index (χ3n) is 4.03. The number of hydrogen-bond donors (Lipinski definition) is 1. The number of aromatic nitrogens is 3. The fraction of sp³-hybridized carbons (Fsp3) is 0.438. The number of anilines is 1. The van der Waals surface area contributed by atoms with Crippen molar-refractivity contribution >= 4 is 5.69 Å². The first-order valence-corrected chi connectivity index (χ1v) is 7.74. The van der Waals surface area contributed by atoms with Gasteiger partial charge in [0, 0.05) is 13.0 Å². The van der Waals surface area contributed by atoms with Crippen LogP contribution in [0.1, 0.15) is 48.6 Å². The summed E-state index contributed by atoms with van der Waals surface area (Å²) in [5.74, 6) is 1.51. The summed E-state index contributed by atoms with van der Waals surface area (Å²) in [6.45, 7) is 2.74. The van der Waals surface area contributed by atoms with Gasteiger partial charge in [-0.15, -0.1) is 0 Å². The average Bonchev–Trinajstić information content (AvgIpc) is 2.98. The fourth-order valence-electron chi connectivity index (χ4n) is 2.81. The van der Waals surface area contributed by atoms with Crippen LogP contribution >= 0.6 is 0 Å². The maximum absolute atomic E-state index is 12.8. The lowest BCUT2D eigenvalue weighted by atomic mass is 10.0. The second-order valence-electron chi connectivity index (χ2n) is 5.67. The van der Waals surface area contributed by atoms with Crippen LogP contribution in [0.25, 0.3) is 0 Å². The van der Waals surface area contributed by atoms with Gasteiger partial charge in [-0.1, -0.05) is 6.92 Å². The molecule has 0 saturated heterocycles. The van der Waals surface area contributed by atoms with Gasteiger partial charge < -0.3 is 5.32 Å². The quantitative estimate of drug-likeness (QED) is 0.929. The Morgan fingerprint density at radius 3 is 2.88 bits per heavy atom. The van der Waals surface area contributed by atoms with E-state index in [1.807, 2.05) is 17.7 Å². The Hall–Kier alpha value is -2.56. The molecule has 1 aromatic heterocycles. The van der Waals surface area contributed by atoms with Crippen molar-refractivity contribution < 1.29 is 13.2 Å². The summed E-state index contributed by atoms with van der Waals surface area (Å²) in [4.78, 5) is 4.49. The molecule has 0 radical (unpaired) electrons.